The molecule has 0 saturated heterocycles. The van der Waals surface area contributed by atoms with Crippen molar-refractivity contribution in [2.75, 3.05) is 0 Å². The zero-order valence-corrected chi connectivity index (χ0v) is 5.69. The van der Waals surface area contributed by atoms with E-state index in [9.17, 15) is 4.79 Å². The van der Waals surface area contributed by atoms with Crippen molar-refractivity contribution < 1.29 is 9.90 Å². The molecule has 0 fully saturated rings. The standard InChI is InChI=1S/C7H9NO2/c1-6(10)7-3-2-4-8(7)5-9/h2-6,10H,1H3. The summed E-state index contributed by atoms with van der Waals surface area (Å²) < 4.78 is 1.35. The first-order valence-corrected chi connectivity index (χ1v) is 3.06. The topological polar surface area (TPSA) is 42.2 Å². The van der Waals surface area contributed by atoms with Crippen LogP contribution >= 0.6 is 0 Å². The minimum Gasteiger partial charge on any atom is -0.387 e. The van der Waals surface area contributed by atoms with Gasteiger partial charge in [-0.15, -0.1) is 0 Å². The molecule has 1 aromatic rings. The molecule has 0 aliphatic rings. The lowest BCUT2D eigenvalue weighted by Gasteiger charge is -2.02. The molecule has 0 amide bonds. The Hall–Kier alpha value is -1.09. The quantitative estimate of drug-likeness (QED) is 0.609. The van der Waals surface area contributed by atoms with Crippen molar-refractivity contribution in [2.24, 2.45) is 0 Å². The molecule has 1 heterocycles. The monoisotopic (exact) mass is 139 g/mol. The molecule has 0 spiro atoms. The Balaban J connectivity index is 3.01. The van der Waals surface area contributed by atoms with Gasteiger partial charge in [-0.2, -0.15) is 0 Å². The van der Waals surface area contributed by atoms with Gasteiger partial charge in [-0.05, 0) is 19.1 Å². The van der Waals surface area contributed by atoms with Crippen molar-refractivity contribution >= 4 is 6.41 Å². The fraction of sp³-hybridized carbons (Fsp3) is 0.286. The molecular formula is C7H9NO2. The van der Waals surface area contributed by atoms with E-state index in [2.05, 4.69) is 0 Å². The van der Waals surface area contributed by atoms with Crippen LogP contribution in [0.5, 0.6) is 0 Å². The number of aliphatic hydroxyl groups is 1. The van der Waals surface area contributed by atoms with Gasteiger partial charge in [0.1, 0.15) is 0 Å². The van der Waals surface area contributed by atoms with Crippen molar-refractivity contribution in [3.8, 4) is 0 Å². The van der Waals surface area contributed by atoms with E-state index in [1.807, 2.05) is 0 Å². The Morgan fingerprint density at radius 3 is 2.90 bits per heavy atom. The van der Waals surface area contributed by atoms with Gasteiger partial charge < -0.3 is 5.11 Å². The lowest BCUT2D eigenvalue weighted by molar-refractivity contribution is 0.193. The van der Waals surface area contributed by atoms with E-state index >= 15 is 0 Å². The average molecular weight is 139 g/mol. The number of carbonyl (C=O) groups excluding carboxylic acids is 1. The second kappa shape index (κ2) is 2.66. The molecule has 1 aromatic heterocycles. The van der Waals surface area contributed by atoms with Crippen molar-refractivity contribution in [1.29, 1.82) is 0 Å². The second-order valence-corrected chi connectivity index (χ2v) is 2.12. The number of rotatable bonds is 2. The van der Waals surface area contributed by atoms with Crippen LogP contribution in [0, 0.1) is 0 Å². The van der Waals surface area contributed by atoms with Crippen LogP contribution in [0.2, 0.25) is 0 Å². The van der Waals surface area contributed by atoms with Crippen molar-refractivity contribution in [2.45, 2.75) is 13.0 Å². The number of aromatic nitrogens is 1. The third-order valence-electron chi connectivity index (χ3n) is 1.35. The first kappa shape index (κ1) is 7.02. The van der Waals surface area contributed by atoms with Crippen LogP contribution in [-0.2, 0) is 4.79 Å². The minimum atomic E-state index is -0.583. The highest BCUT2D eigenvalue weighted by Gasteiger charge is 2.03. The summed E-state index contributed by atoms with van der Waals surface area (Å²) in [5.74, 6) is 0. The van der Waals surface area contributed by atoms with Gasteiger partial charge in [0.15, 0.2) is 0 Å². The maximum atomic E-state index is 10.2. The van der Waals surface area contributed by atoms with Gasteiger partial charge in [0.25, 0.3) is 0 Å². The molecule has 0 aliphatic heterocycles. The highest BCUT2D eigenvalue weighted by molar-refractivity contribution is 5.54. The predicted molar refractivity (Wildman–Crippen MR) is 37.2 cm³/mol. The zero-order chi connectivity index (χ0) is 7.56. The molecule has 0 aromatic carbocycles. The Morgan fingerprint density at radius 2 is 2.50 bits per heavy atom. The fourth-order valence-electron chi connectivity index (χ4n) is 0.857. The Morgan fingerprint density at radius 1 is 1.80 bits per heavy atom. The lowest BCUT2D eigenvalue weighted by Crippen LogP contribution is -2.02. The molecule has 0 saturated carbocycles. The summed E-state index contributed by atoms with van der Waals surface area (Å²) in [7, 11) is 0. The maximum Gasteiger partial charge on any atom is 0.218 e. The number of hydrogen-bond acceptors (Lipinski definition) is 2. The van der Waals surface area contributed by atoms with Gasteiger partial charge >= 0.3 is 0 Å². The molecule has 1 N–H and O–H groups in total. The van der Waals surface area contributed by atoms with Crippen LogP contribution in [0.3, 0.4) is 0 Å². The second-order valence-electron chi connectivity index (χ2n) is 2.12. The largest absolute Gasteiger partial charge is 0.387 e. The normalized spacial score (nSPS) is 13.0. The summed E-state index contributed by atoms with van der Waals surface area (Å²) in [6.45, 7) is 1.62. The summed E-state index contributed by atoms with van der Waals surface area (Å²) in [6, 6.07) is 3.43. The molecule has 0 aliphatic carbocycles. The van der Waals surface area contributed by atoms with Crippen molar-refractivity contribution in [3.63, 3.8) is 0 Å². The molecule has 54 valence electrons. The van der Waals surface area contributed by atoms with Crippen molar-refractivity contribution in [3.05, 3.63) is 24.0 Å². The van der Waals surface area contributed by atoms with E-state index < -0.39 is 6.10 Å². The highest BCUT2D eigenvalue weighted by atomic mass is 16.3. The summed E-state index contributed by atoms with van der Waals surface area (Å²) in [6.07, 6.45) is 1.69. The van der Waals surface area contributed by atoms with Crippen LogP contribution in [0.4, 0.5) is 0 Å². The summed E-state index contributed by atoms with van der Waals surface area (Å²) in [5, 5.41) is 9.04. The number of carbonyl (C=O) groups is 1. The average Bonchev–Trinajstić information content (AvgIpc) is 2.33. The van der Waals surface area contributed by atoms with Gasteiger partial charge in [-0.3, -0.25) is 9.36 Å². The highest BCUT2D eigenvalue weighted by Crippen LogP contribution is 2.10. The summed E-state index contributed by atoms with van der Waals surface area (Å²) in [5.41, 5.74) is 0.620. The first-order valence-electron chi connectivity index (χ1n) is 3.06. The predicted octanol–water partition coefficient (Wildman–Crippen LogP) is 0.580. The van der Waals surface area contributed by atoms with Crippen LogP contribution in [-0.4, -0.2) is 16.1 Å². The molecular weight excluding hydrogens is 130 g/mol. The molecule has 1 rings (SSSR count). The van der Waals surface area contributed by atoms with Crippen LogP contribution in [0.25, 0.3) is 0 Å². The fourth-order valence-corrected chi connectivity index (χ4v) is 0.857. The SMILES string of the molecule is CC(O)c1cccn1C=O. The van der Waals surface area contributed by atoms with Crippen molar-refractivity contribution in [1.82, 2.24) is 4.57 Å². The summed E-state index contributed by atoms with van der Waals surface area (Å²) >= 11 is 0. The van der Waals surface area contributed by atoms with Gasteiger partial charge in [0.2, 0.25) is 6.41 Å². The van der Waals surface area contributed by atoms with E-state index in [0.717, 1.165) is 0 Å². The summed E-state index contributed by atoms with van der Waals surface area (Å²) in [4.78, 5) is 10.2. The molecule has 0 radical (unpaired) electrons. The maximum absolute atomic E-state index is 10.2. The van der Waals surface area contributed by atoms with E-state index in [4.69, 9.17) is 5.11 Å². The van der Waals surface area contributed by atoms with E-state index in [1.165, 1.54) is 4.57 Å². The third-order valence-corrected chi connectivity index (χ3v) is 1.35. The molecule has 1 unspecified atom stereocenters. The van der Waals surface area contributed by atoms with Gasteiger partial charge in [0.05, 0.1) is 11.8 Å². The van der Waals surface area contributed by atoms with Gasteiger partial charge in [-0.1, -0.05) is 0 Å². The Kier molecular flexibility index (Phi) is 1.87. The minimum absolute atomic E-state index is 0.583. The molecule has 10 heavy (non-hydrogen) atoms. The van der Waals surface area contributed by atoms with Gasteiger partial charge in [0, 0.05) is 6.20 Å². The van der Waals surface area contributed by atoms with Crippen LogP contribution < -0.4 is 0 Å². The number of aliphatic hydroxyl groups excluding tert-OH is 1. The van der Waals surface area contributed by atoms with Crippen LogP contribution in [0.1, 0.15) is 18.7 Å². The van der Waals surface area contributed by atoms with E-state index in [-0.39, 0.29) is 0 Å². The molecule has 3 heteroatoms. The number of hydrogen-bond donors (Lipinski definition) is 1. The van der Waals surface area contributed by atoms with Gasteiger partial charge in [-0.25, -0.2) is 0 Å². The van der Waals surface area contributed by atoms with Crippen LogP contribution in [0.15, 0.2) is 18.3 Å². The van der Waals surface area contributed by atoms with E-state index in [1.54, 1.807) is 25.3 Å². The number of nitrogens with zero attached hydrogens (tertiary/aromatic N) is 1. The lowest BCUT2D eigenvalue weighted by atomic mass is 10.3. The molecule has 0 bridgehead atoms. The van der Waals surface area contributed by atoms with E-state index in [0.29, 0.717) is 12.1 Å². The third kappa shape index (κ3) is 1.09. The zero-order valence-electron chi connectivity index (χ0n) is 5.69. The molecule has 1 atom stereocenters. The first-order chi connectivity index (χ1) is 4.75. The Labute approximate surface area is 58.9 Å². The Bertz CT molecular complexity index is 227. The smallest absolute Gasteiger partial charge is 0.218 e. The molecule has 3 nitrogen and oxygen atoms in total.